The molecule has 182 valence electrons. The molecule has 0 saturated carbocycles. The molecule has 1 N–H and O–H groups in total. The lowest BCUT2D eigenvalue weighted by Gasteiger charge is -2.37. The minimum absolute atomic E-state index is 0.0640. The summed E-state index contributed by atoms with van der Waals surface area (Å²) in [6, 6.07) is 29.3. The zero-order valence-electron chi connectivity index (χ0n) is 19.6. The van der Waals surface area contributed by atoms with Gasteiger partial charge in [-0.25, -0.2) is 0 Å². The number of benzene rings is 3. The van der Waals surface area contributed by atoms with Gasteiger partial charge in [-0.2, -0.15) is 0 Å². The Kier molecular flexibility index (Phi) is 7.60. The van der Waals surface area contributed by atoms with Crippen LogP contribution < -0.4 is 0 Å². The third kappa shape index (κ3) is 5.27. The molecule has 0 spiro atoms. The van der Waals surface area contributed by atoms with E-state index in [2.05, 4.69) is 0 Å². The number of aliphatic hydroxyl groups is 1. The first-order valence-corrected chi connectivity index (χ1v) is 11.4. The lowest BCUT2D eigenvalue weighted by atomic mass is 9.80. The van der Waals surface area contributed by atoms with E-state index in [9.17, 15) is 14.7 Å². The smallest absolute Gasteiger partial charge is 0.303 e. The molecule has 0 unspecified atom stereocenters. The Labute approximate surface area is 204 Å². The van der Waals surface area contributed by atoms with Crippen molar-refractivity contribution in [3.8, 4) is 0 Å². The van der Waals surface area contributed by atoms with Gasteiger partial charge in [-0.3, -0.25) is 9.59 Å². The summed E-state index contributed by atoms with van der Waals surface area (Å²) in [5.41, 5.74) is 1.63. The van der Waals surface area contributed by atoms with Crippen LogP contribution in [-0.2, 0) is 34.1 Å². The van der Waals surface area contributed by atoms with Crippen LogP contribution in [0.4, 0.5) is 0 Å². The lowest BCUT2D eigenvalue weighted by molar-refractivity contribution is -0.174. The average molecular weight is 477 g/mol. The van der Waals surface area contributed by atoms with Crippen molar-refractivity contribution in [3.63, 3.8) is 0 Å². The molecular formula is C28H28O7. The first-order valence-electron chi connectivity index (χ1n) is 11.4. The van der Waals surface area contributed by atoms with E-state index in [1.807, 2.05) is 91.0 Å². The third-order valence-electron chi connectivity index (χ3n) is 5.89. The number of hydrogen-bond donors (Lipinski definition) is 1. The summed E-state index contributed by atoms with van der Waals surface area (Å²) < 4.78 is 23.0. The van der Waals surface area contributed by atoms with Crippen molar-refractivity contribution in [1.29, 1.82) is 0 Å². The highest BCUT2D eigenvalue weighted by molar-refractivity contribution is 5.67. The summed E-state index contributed by atoms with van der Waals surface area (Å²) in [7, 11) is 0. The van der Waals surface area contributed by atoms with E-state index in [1.54, 1.807) is 0 Å². The van der Waals surface area contributed by atoms with Crippen LogP contribution in [0.1, 0.15) is 30.5 Å². The molecule has 3 aromatic rings. The van der Waals surface area contributed by atoms with E-state index in [0.717, 1.165) is 16.7 Å². The van der Waals surface area contributed by atoms with E-state index >= 15 is 0 Å². The molecule has 1 aliphatic rings. The summed E-state index contributed by atoms with van der Waals surface area (Å²) >= 11 is 0. The molecule has 4 rings (SSSR count). The molecule has 0 radical (unpaired) electrons. The number of carbonyl (C=O) groups excluding carboxylic acids is 2. The maximum atomic E-state index is 11.8. The Hall–Kier alpha value is -3.52. The molecule has 0 aromatic heterocycles. The monoisotopic (exact) mass is 476 g/mol. The quantitative estimate of drug-likeness (QED) is 0.393. The lowest BCUT2D eigenvalue weighted by Crippen LogP contribution is -2.43. The molecule has 4 atom stereocenters. The highest BCUT2D eigenvalue weighted by Crippen LogP contribution is 2.41. The van der Waals surface area contributed by atoms with Gasteiger partial charge in [0, 0.05) is 13.8 Å². The summed E-state index contributed by atoms with van der Waals surface area (Å²) in [5.74, 6) is -1.21. The van der Waals surface area contributed by atoms with Crippen LogP contribution >= 0.6 is 0 Å². The summed E-state index contributed by atoms with van der Waals surface area (Å²) in [6.45, 7) is 2.40. The Balaban J connectivity index is 1.75. The fraction of sp³-hybridized carbons (Fsp3) is 0.286. The number of hydrogen-bond acceptors (Lipinski definition) is 7. The van der Waals surface area contributed by atoms with Gasteiger partial charge in [0.2, 0.25) is 0 Å². The Bertz CT molecular complexity index is 1020. The van der Waals surface area contributed by atoms with Crippen molar-refractivity contribution in [2.24, 2.45) is 0 Å². The van der Waals surface area contributed by atoms with Crippen molar-refractivity contribution < 1.29 is 33.6 Å². The number of rotatable bonds is 8. The van der Waals surface area contributed by atoms with E-state index in [-0.39, 0.29) is 6.61 Å². The summed E-state index contributed by atoms with van der Waals surface area (Å²) in [5, 5.41) is 10.4. The largest absolute Gasteiger partial charge is 0.455 e. The zero-order chi connectivity index (χ0) is 24.8. The number of carbonyl (C=O) groups is 2. The summed E-state index contributed by atoms with van der Waals surface area (Å²) in [4.78, 5) is 23.4. The molecule has 7 heteroatoms. The molecule has 1 fully saturated rings. The predicted octanol–water partition coefficient (Wildman–Crippen LogP) is 3.58. The molecule has 0 aliphatic carbocycles. The molecule has 3 aromatic carbocycles. The molecule has 1 saturated heterocycles. The van der Waals surface area contributed by atoms with Crippen LogP contribution in [0, 0.1) is 0 Å². The zero-order valence-corrected chi connectivity index (χ0v) is 19.6. The molecule has 1 heterocycles. The predicted molar refractivity (Wildman–Crippen MR) is 127 cm³/mol. The first-order chi connectivity index (χ1) is 16.9. The van der Waals surface area contributed by atoms with Gasteiger partial charge in [0.1, 0.15) is 11.7 Å². The number of aliphatic hydroxyl groups excluding tert-OH is 1. The second-order valence-electron chi connectivity index (χ2n) is 8.30. The van der Waals surface area contributed by atoms with Gasteiger partial charge < -0.3 is 24.1 Å². The van der Waals surface area contributed by atoms with E-state index in [0.29, 0.717) is 0 Å². The van der Waals surface area contributed by atoms with Crippen molar-refractivity contribution in [2.75, 3.05) is 6.61 Å². The highest BCUT2D eigenvalue weighted by Gasteiger charge is 2.50. The van der Waals surface area contributed by atoms with Gasteiger partial charge in [0.15, 0.2) is 18.5 Å². The van der Waals surface area contributed by atoms with E-state index in [1.165, 1.54) is 13.8 Å². The van der Waals surface area contributed by atoms with Crippen LogP contribution in [0.15, 0.2) is 91.0 Å². The molecule has 0 amide bonds. The topological polar surface area (TPSA) is 91.3 Å². The second kappa shape index (κ2) is 10.8. The average Bonchev–Trinajstić information content (AvgIpc) is 3.14. The van der Waals surface area contributed by atoms with Crippen LogP contribution in [-0.4, -0.2) is 48.3 Å². The molecular weight excluding hydrogens is 448 g/mol. The third-order valence-corrected chi connectivity index (χ3v) is 5.89. The van der Waals surface area contributed by atoms with Crippen molar-refractivity contribution in [1.82, 2.24) is 0 Å². The van der Waals surface area contributed by atoms with Crippen molar-refractivity contribution in [3.05, 3.63) is 108 Å². The minimum Gasteiger partial charge on any atom is -0.455 e. The minimum atomic E-state index is -1.46. The van der Waals surface area contributed by atoms with Gasteiger partial charge in [-0.15, -0.1) is 0 Å². The van der Waals surface area contributed by atoms with Crippen LogP contribution in [0.2, 0.25) is 0 Å². The molecule has 7 nitrogen and oxygen atoms in total. The van der Waals surface area contributed by atoms with Gasteiger partial charge in [0.05, 0.1) is 6.61 Å². The Morgan fingerprint density at radius 1 is 0.743 bits per heavy atom. The van der Waals surface area contributed by atoms with Crippen molar-refractivity contribution in [2.45, 2.75) is 44.1 Å². The van der Waals surface area contributed by atoms with Crippen LogP contribution in [0.25, 0.3) is 0 Å². The maximum Gasteiger partial charge on any atom is 0.303 e. The molecule has 35 heavy (non-hydrogen) atoms. The van der Waals surface area contributed by atoms with Crippen LogP contribution in [0.5, 0.6) is 0 Å². The Morgan fingerprint density at radius 3 is 1.54 bits per heavy atom. The van der Waals surface area contributed by atoms with E-state index < -0.39 is 42.1 Å². The fourth-order valence-electron chi connectivity index (χ4n) is 4.47. The highest BCUT2D eigenvalue weighted by atomic mass is 16.7. The number of esters is 2. The molecule has 0 bridgehead atoms. The maximum absolute atomic E-state index is 11.8. The normalized spacial score (nSPS) is 21.9. The van der Waals surface area contributed by atoms with Gasteiger partial charge in [-0.05, 0) is 16.7 Å². The summed E-state index contributed by atoms with van der Waals surface area (Å²) in [6.07, 6.45) is -4.54. The fourth-order valence-corrected chi connectivity index (χ4v) is 4.47. The van der Waals surface area contributed by atoms with Gasteiger partial charge >= 0.3 is 11.9 Å². The van der Waals surface area contributed by atoms with Gasteiger partial charge in [0.25, 0.3) is 0 Å². The second-order valence-corrected chi connectivity index (χ2v) is 8.30. The van der Waals surface area contributed by atoms with E-state index in [4.69, 9.17) is 18.9 Å². The standard InChI is InChI=1S/C28H28O7/c1-19(29)33-25-24(35-27(31)26(25)34-20(2)30)18-32-28(21-12-6-3-7-13-21,22-14-8-4-9-15-22)23-16-10-5-11-17-23/h3-17,24-27,31H,18H2,1-2H3/t24-,25+,26-,27-/m1/s1. The van der Waals surface area contributed by atoms with Crippen molar-refractivity contribution >= 4 is 11.9 Å². The molecule has 1 aliphatic heterocycles. The first kappa shape index (κ1) is 24.6. The SMILES string of the molecule is CC(=O)O[C@@H]1[C@@H](OC(C)=O)[C@@H](COC(c2ccccc2)(c2ccccc2)c2ccccc2)O[C@H]1O. The van der Waals surface area contributed by atoms with Crippen LogP contribution in [0.3, 0.4) is 0 Å². The Morgan fingerprint density at radius 2 is 1.14 bits per heavy atom. The number of ether oxygens (including phenoxy) is 4. The van der Waals surface area contributed by atoms with Gasteiger partial charge in [-0.1, -0.05) is 91.0 Å².